The van der Waals surface area contributed by atoms with Gasteiger partial charge >= 0.3 is 6.36 Å². The van der Waals surface area contributed by atoms with Crippen LogP contribution in [0.4, 0.5) is 13.2 Å². The molecule has 1 aromatic carbocycles. The molecule has 7 heteroatoms. The number of nitrogens with zero attached hydrogens (tertiary/aromatic N) is 1. The molecule has 0 atom stereocenters. The highest BCUT2D eigenvalue weighted by molar-refractivity contribution is 7.10. The molecule has 0 bridgehead atoms. The number of halogens is 3. The molecule has 0 fully saturated rings. The van der Waals surface area contributed by atoms with Gasteiger partial charge in [0.05, 0.1) is 5.69 Å². The van der Waals surface area contributed by atoms with E-state index in [-0.39, 0.29) is 11.5 Å². The highest BCUT2D eigenvalue weighted by atomic mass is 32.1. The Morgan fingerprint density at radius 1 is 1.38 bits per heavy atom. The number of rotatable bonds is 4. The third kappa shape index (κ3) is 4.71. The minimum atomic E-state index is -4.73. The van der Waals surface area contributed by atoms with E-state index in [1.807, 2.05) is 0 Å². The number of carbonyl (C=O) groups is 1. The van der Waals surface area contributed by atoms with E-state index in [4.69, 9.17) is 0 Å². The van der Waals surface area contributed by atoms with Gasteiger partial charge in [0.2, 0.25) is 0 Å². The van der Waals surface area contributed by atoms with Gasteiger partial charge in [-0.3, -0.25) is 4.79 Å². The standard InChI is InChI=1S/C14H10F3NO2S/c1-9(19)5-6-13-18-12(8-21-13)10-3-2-4-11(7-10)20-14(15,16)17/h2-8H,1H3/b6-5+. The number of ether oxygens (including phenoxy) is 1. The number of benzene rings is 1. The van der Waals surface area contributed by atoms with Crippen LogP contribution >= 0.6 is 11.3 Å². The first-order valence-electron chi connectivity index (χ1n) is 5.84. The summed E-state index contributed by atoms with van der Waals surface area (Å²) in [5.41, 5.74) is 1.03. The molecule has 21 heavy (non-hydrogen) atoms. The van der Waals surface area contributed by atoms with Gasteiger partial charge in [0.1, 0.15) is 10.8 Å². The van der Waals surface area contributed by atoms with Crippen molar-refractivity contribution in [1.29, 1.82) is 0 Å². The van der Waals surface area contributed by atoms with Gasteiger partial charge in [-0.2, -0.15) is 0 Å². The van der Waals surface area contributed by atoms with E-state index in [0.29, 0.717) is 16.3 Å². The summed E-state index contributed by atoms with van der Waals surface area (Å²) in [5.74, 6) is -0.402. The fourth-order valence-electron chi connectivity index (χ4n) is 1.54. The molecule has 0 N–H and O–H groups in total. The maximum Gasteiger partial charge on any atom is 0.573 e. The molecule has 0 spiro atoms. The van der Waals surface area contributed by atoms with Gasteiger partial charge in [0.25, 0.3) is 0 Å². The van der Waals surface area contributed by atoms with Gasteiger partial charge in [0.15, 0.2) is 5.78 Å². The summed E-state index contributed by atoms with van der Waals surface area (Å²) in [5, 5.41) is 2.30. The van der Waals surface area contributed by atoms with Crippen LogP contribution in [0.3, 0.4) is 0 Å². The van der Waals surface area contributed by atoms with Gasteiger partial charge in [-0.25, -0.2) is 4.98 Å². The Morgan fingerprint density at radius 2 is 2.14 bits per heavy atom. The van der Waals surface area contributed by atoms with Crippen LogP contribution in [0.25, 0.3) is 17.3 Å². The second kappa shape index (κ2) is 6.09. The molecule has 0 amide bonds. The lowest BCUT2D eigenvalue weighted by molar-refractivity contribution is -0.274. The van der Waals surface area contributed by atoms with Crippen molar-refractivity contribution in [2.45, 2.75) is 13.3 Å². The summed E-state index contributed by atoms with van der Waals surface area (Å²) in [4.78, 5) is 15.1. The smallest absolute Gasteiger partial charge is 0.406 e. The van der Waals surface area contributed by atoms with Gasteiger partial charge in [-0.15, -0.1) is 24.5 Å². The molecule has 1 heterocycles. The molecule has 0 aliphatic rings. The summed E-state index contributed by atoms with van der Waals surface area (Å²) in [6, 6.07) is 5.58. The maximum atomic E-state index is 12.2. The van der Waals surface area contributed by atoms with Crippen LogP contribution in [0, 0.1) is 0 Å². The van der Waals surface area contributed by atoms with Crippen molar-refractivity contribution >= 4 is 23.2 Å². The quantitative estimate of drug-likeness (QED) is 0.790. The zero-order chi connectivity index (χ0) is 15.5. The summed E-state index contributed by atoms with van der Waals surface area (Å²) >= 11 is 1.29. The number of carbonyl (C=O) groups excluding carboxylic acids is 1. The first kappa shape index (κ1) is 15.2. The Hall–Kier alpha value is -2.15. The molecule has 3 nitrogen and oxygen atoms in total. The molecular formula is C14H10F3NO2S. The van der Waals surface area contributed by atoms with Crippen molar-refractivity contribution in [3.63, 3.8) is 0 Å². The summed E-state index contributed by atoms with van der Waals surface area (Å²) in [7, 11) is 0. The SMILES string of the molecule is CC(=O)/C=C/c1nc(-c2cccc(OC(F)(F)F)c2)cs1. The molecule has 0 unspecified atom stereocenters. The topological polar surface area (TPSA) is 39.2 Å². The number of aromatic nitrogens is 1. The highest BCUT2D eigenvalue weighted by Crippen LogP contribution is 2.28. The zero-order valence-electron chi connectivity index (χ0n) is 10.8. The minimum absolute atomic E-state index is 0.104. The Balaban J connectivity index is 2.22. The number of ketones is 1. The number of alkyl halides is 3. The fraction of sp³-hybridized carbons (Fsp3) is 0.143. The summed E-state index contributed by atoms with van der Waals surface area (Å²) < 4.78 is 40.4. The summed E-state index contributed by atoms with van der Waals surface area (Å²) in [6.07, 6.45) is -1.78. The largest absolute Gasteiger partial charge is 0.573 e. The van der Waals surface area contributed by atoms with E-state index in [1.54, 1.807) is 17.5 Å². The molecule has 0 saturated carbocycles. The number of allylic oxidation sites excluding steroid dienone is 1. The first-order chi connectivity index (χ1) is 9.83. The Labute approximate surface area is 122 Å². The zero-order valence-corrected chi connectivity index (χ0v) is 11.7. The second-order valence-electron chi connectivity index (χ2n) is 4.09. The van der Waals surface area contributed by atoms with Crippen molar-refractivity contribution in [3.05, 3.63) is 40.7 Å². The van der Waals surface area contributed by atoms with Crippen molar-refractivity contribution in [3.8, 4) is 17.0 Å². The minimum Gasteiger partial charge on any atom is -0.406 e. The fourth-order valence-corrected chi connectivity index (χ4v) is 2.26. The molecule has 0 aliphatic heterocycles. The maximum absolute atomic E-state index is 12.2. The van der Waals surface area contributed by atoms with Crippen LogP contribution in [0.1, 0.15) is 11.9 Å². The monoisotopic (exact) mass is 313 g/mol. The number of hydrogen-bond acceptors (Lipinski definition) is 4. The number of thiazole rings is 1. The molecular weight excluding hydrogens is 303 g/mol. The lowest BCUT2D eigenvalue weighted by atomic mass is 10.2. The highest BCUT2D eigenvalue weighted by Gasteiger charge is 2.31. The molecule has 2 rings (SSSR count). The predicted octanol–water partition coefficient (Wildman–Crippen LogP) is 4.31. The average molecular weight is 313 g/mol. The average Bonchev–Trinajstić information content (AvgIpc) is 2.83. The third-order valence-corrected chi connectivity index (χ3v) is 3.16. The van der Waals surface area contributed by atoms with Crippen LogP contribution in [0.5, 0.6) is 5.75 Å². The lowest BCUT2D eigenvalue weighted by Crippen LogP contribution is -2.17. The van der Waals surface area contributed by atoms with E-state index in [2.05, 4.69) is 9.72 Å². The van der Waals surface area contributed by atoms with Crippen LogP contribution in [0.15, 0.2) is 35.7 Å². The summed E-state index contributed by atoms with van der Waals surface area (Å²) in [6.45, 7) is 1.42. The molecule has 2 aromatic rings. The van der Waals surface area contributed by atoms with E-state index in [9.17, 15) is 18.0 Å². The van der Waals surface area contributed by atoms with E-state index in [0.717, 1.165) is 0 Å². The Bertz CT molecular complexity index is 677. The molecule has 0 radical (unpaired) electrons. The van der Waals surface area contributed by atoms with Crippen LogP contribution in [-0.2, 0) is 4.79 Å². The van der Waals surface area contributed by atoms with Gasteiger partial charge < -0.3 is 4.74 Å². The molecule has 0 saturated heterocycles. The van der Waals surface area contributed by atoms with Crippen molar-refractivity contribution in [2.75, 3.05) is 0 Å². The van der Waals surface area contributed by atoms with E-state index in [1.165, 1.54) is 42.5 Å². The van der Waals surface area contributed by atoms with Crippen molar-refractivity contribution in [1.82, 2.24) is 4.98 Å². The Morgan fingerprint density at radius 3 is 2.81 bits per heavy atom. The van der Waals surface area contributed by atoms with Crippen LogP contribution in [-0.4, -0.2) is 17.1 Å². The molecule has 110 valence electrons. The van der Waals surface area contributed by atoms with Gasteiger partial charge in [0, 0.05) is 10.9 Å². The second-order valence-corrected chi connectivity index (χ2v) is 4.98. The predicted molar refractivity (Wildman–Crippen MR) is 73.9 cm³/mol. The van der Waals surface area contributed by atoms with E-state index >= 15 is 0 Å². The third-order valence-electron chi connectivity index (χ3n) is 2.35. The van der Waals surface area contributed by atoms with Crippen molar-refractivity contribution < 1.29 is 22.7 Å². The first-order valence-corrected chi connectivity index (χ1v) is 6.72. The van der Waals surface area contributed by atoms with Crippen LogP contribution in [0.2, 0.25) is 0 Å². The van der Waals surface area contributed by atoms with Gasteiger partial charge in [-0.05, 0) is 31.2 Å². The van der Waals surface area contributed by atoms with E-state index < -0.39 is 6.36 Å². The van der Waals surface area contributed by atoms with Crippen molar-refractivity contribution in [2.24, 2.45) is 0 Å². The lowest BCUT2D eigenvalue weighted by Gasteiger charge is -2.09. The number of hydrogen-bond donors (Lipinski definition) is 0. The molecule has 1 aromatic heterocycles. The molecule has 0 aliphatic carbocycles. The van der Waals surface area contributed by atoms with Crippen LogP contribution < -0.4 is 4.74 Å². The normalized spacial score (nSPS) is 11.8. The Kier molecular flexibility index (Phi) is 4.42. The van der Waals surface area contributed by atoms with Gasteiger partial charge in [-0.1, -0.05) is 12.1 Å².